The molecule has 0 N–H and O–H groups in total. The molecule has 4 nitrogen and oxygen atoms in total. The lowest BCUT2D eigenvalue weighted by atomic mass is 10.3. The number of esters is 1. The van der Waals surface area contributed by atoms with Gasteiger partial charge in [0.25, 0.3) is 0 Å². The summed E-state index contributed by atoms with van der Waals surface area (Å²) in [5.74, 6) is 1.99. The number of hydrogen-bond acceptors (Lipinski definition) is 3. The maximum atomic E-state index is 11.4. The highest BCUT2D eigenvalue weighted by molar-refractivity contribution is 5.86. The van der Waals surface area contributed by atoms with Gasteiger partial charge in [-0.15, -0.1) is 12.3 Å². The topological polar surface area (TPSA) is 44.1 Å². The van der Waals surface area contributed by atoms with Crippen molar-refractivity contribution in [3.63, 3.8) is 0 Å². The van der Waals surface area contributed by atoms with Crippen molar-refractivity contribution in [3.8, 4) is 18.0 Å². The molecule has 0 fully saturated rings. The lowest BCUT2D eigenvalue weighted by Gasteiger charge is -1.98. The Labute approximate surface area is 117 Å². The number of terminal acetylenes is 1. The van der Waals surface area contributed by atoms with Crippen LogP contribution in [0.25, 0.3) is 11.8 Å². The summed E-state index contributed by atoms with van der Waals surface area (Å²) >= 11 is 0. The Kier molecular flexibility index (Phi) is 4.74. The zero-order chi connectivity index (χ0) is 14.2. The van der Waals surface area contributed by atoms with Crippen LogP contribution in [-0.2, 0) is 9.53 Å². The molecule has 0 unspecified atom stereocenters. The van der Waals surface area contributed by atoms with Crippen molar-refractivity contribution in [3.05, 3.63) is 54.4 Å². The Bertz CT molecular complexity index is 636. The molecule has 1 aromatic carbocycles. The van der Waals surface area contributed by atoms with Crippen molar-refractivity contribution in [1.29, 1.82) is 0 Å². The first kappa shape index (κ1) is 13.6. The zero-order valence-electron chi connectivity index (χ0n) is 10.9. The van der Waals surface area contributed by atoms with Crippen LogP contribution in [0.3, 0.4) is 0 Å². The molecule has 1 aromatic heterocycles. The zero-order valence-corrected chi connectivity index (χ0v) is 10.9. The quantitative estimate of drug-likeness (QED) is 0.361. The van der Waals surface area contributed by atoms with Crippen molar-refractivity contribution in [2.45, 2.75) is 6.42 Å². The fourth-order valence-electron chi connectivity index (χ4n) is 1.57. The van der Waals surface area contributed by atoms with Crippen LogP contribution < -0.4 is 0 Å². The smallest absolute Gasteiger partial charge is 0.330 e. The van der Waals surface area contributed by atoms with Gasteiger partial charge in [0.2, 0.25) is 0 Å². The fraction of sp³-hybridized carbons (Fsp3) is 0.125. The maximum Gasteiger partial charge on any atom is 0.330 e. The molecule has 0 aliphatic heterocycles. The van der Waals surface area contributed by atoms with Crippen molar-refractivity contribution >= 4 is 12.0 Å². The van der Waals surface area contributed by atoms with E-state index in [-0.39, 0.29) is 6.61 Å². The molecule has 1 heterocycles. The van der Waals surface area contributed by atoms with Gasteiger partial charge in [0.1, 0.15) is 6.61 Å². The maximum absolute atomic E-state index is 11.4. The first-order valence-corrected chi connectivity index (χ1v) is 6.18. The molecule has 100 valence electrons. The van der Waals surface area contributed by atoms with Crippen molar-refractivity contribution in [2.75, 3.05) is 6.61 Å². The second kappa shape index (κ2) is 6.95. The van der Waals surface area contributed by atoms with Crippen molar-refractivity contribution in [2.24, 2.45) is 0 Å². The summed E-state index contributed by atoms with van der Waals surface area (Å²) in [5.41, 5.74) is 1.78. The van der Waals surface area contributed by atoms with E-state index in [9.17, 15) is 4.79 Å². The molecule has 0 aliphatic rings. The van der Waals surface area contributed by atoms with E-state index in [1.807, 2.05) is 36.5 Å². The number of para-hydroxylation sites is 1. The minimum Gasteiger partial charge on any atom is -0.462 e. The average Bonchev–Trinajstić information content (AvgIpc) is 2.95. The number of nitrogens with zero attached hydrogens (tertiary/aromatic N) is 2. The van der Waals surface area contributed by atoms with Crippen LogP contribution in [0.2, 0.25) is 0 Å². The summed E-state index contributed by atoms with van der Waals surface area (Å²) < 4.78 is 6.64. The molecule has 0 atom stereocenters. The highest BCUT2D eigenvalue weighted by Gasteiger charge is 1.99. The Hall–Kier alpha value is -2.80. The van der Waals surface area contributed by atoms with E-state index in [2.05, 4.69) is 11.0 Å². The van der Waals surface area contributed by atoms with Crippen LogP contribution in [0.15, 0.2) is 48.8 Å². The molecular formula is C16H14N2O2. The molecule has 2 aromatic rings. The number of ether oxygens (including phenoxy) is 1. The number of benzene rings is 1. The van der Waals surface area contributed by atoms with Gasteiger partial charge in [0.15, 0.2) is 0 Å². The third-order valence-electron chi connectivity index (χ3n) is 2.53. The summed E-state index contributed by atoms with van der Waals surface area (Å²) in [6.45, 7) is 0.239. The van der Waals surface area contributed by atoms with Crippen LogP contribution in [0.1, 0.15) is 12.0 Å². The van der Waals surface area contributed by atoms with Gasteiger partial charge in [-0.25, -0.2) is 9.48 Å². The summed E-state index contributed by atoms with van der Waals surface area (Å²) in [6, 6.07) is 9.73. The normalized spacial score (nSPS) is 10.3. The Morgan fingerprint density at radius 1 is 1.40 bits per heavy atom. The lowest BCUT2D eigenvalue weighted by Crippen LogP contribution is -2.01. The van der Waals surface area contributed by atoms with E-state index in [1.54, 1.807) is 17.0 Å². The summed E-state index contributed by atoms with van der Waals surface area (Å²) in [4.78, 5) is 11.4. The van der Waals surface area contributed by atoms with Crippen LogP contribution >= 0.6 is 0 Å². The van der Waals surface area contributed by atoms with E-state index in [0.29, 0.717) is 6.42 Å². The van der Waals surface area contributed by atoms with Gasteiger partial charge in [0, 0.05) is 24.3 Å². The number of hydrogen-bond donors (Lipinski definition) is 0. The third kappa shape index (κ3) is 3.85. The molecule has 0 spiro atoms. The monoisotopic (exact) mass is 266 g/mol. The summed E-state index contributed by atoms with van der Waals surface area (Å²) in [6.07, 6.45) is 12.0. The Balaban J connectivity index is 1.96. The lowest BCUT2D eigenvalue weighted by molar-refractivity contribution is -0.137. The standard InChI is InChI=1S/C16H14N2O2/c1-2-3-11-20-16(19)10-9-14-12-17-18(13-14)15-7-5-4-6-8-15/h1,4-10,12-13H,3,11H2/b10-9+. The highest BCUT2D eigenvalue weighted by atomic mass is 16.5. The van der Waals surface area contributed by atoms with E-state index < -0.39 is 5.97 Å². The Morgan fingerprint density at radius 3 is 2.95 bits per heavy atom. The molecule has 20 heavy (non-hydrogen) atoms. The first-order valence-electron chi connectivity index (χ1n) is 6.18. The van der Waals surface area contributed by atoms with Gasteiger partial charge in [-0.05, 0) is 18.2 Å². The summed E-state index contributed by atoms with van der Waals surface area (Å²) in [5, 5.41) is 4.23. The van der Waals surface area contributed by atoms with Crippen LogP contribution in [0, 0.1) is 12.3 Å². The van der Waals surface area contributed by atoms with E-state index in [0.717, 1.165) is 11.3 Å². The third-order valence-corrected chi connectivity index (χ3v) is 2.53. The van der Waals surface area contributed by atoms with E-state index >= 15 is 0 Å². The predicted molar refractivity (Wildman–Crippen MR) is 77.0 cm³/mol. The van der Waals surface area contributed by atoms with E-state index in [4.69, 9.17) is 11.2 Å². The molecule has 0 saturated heterocycles. The molecule has 0 aliphatic carbocycles. The van der Waals surface area contributed by atoms with E-state index in [1.165, 1.54) is 6.08 Å². The minimum absolute atomic E-state index is 0.239. The molecule has 0 amide bonds. The minimum atomic E-state index is -0.410. The highest BCUT2D eigenvalue weighted by Crippen LogP contribution is 2.08. The first-order chi connectivity index (χ1) is 9.79. The van der Waals surface area contributed by atoms with Gasteiger partial charge in [-0.1, -0.05) is 18.2 Å². The largest absolute Gasteiger partial charge is 0.462 e. The molecule has 0 saturated carbocycles. The van der Waals surface area contributed by atoms with Crippen LogP contribution in [-0.4, -0.2) is 22.4 Å². The van der Waals surface area contributed by atoms with Gasteiger partial charge in [0.05, 0.1) is 11.9 Å². The predicted octanol–water partition coefficient (Wildman–Crippen LogP) is 2.45. The van der Waals surface area contributed by atoms with Gasteiger partial charge in [-0.2, -0.15) is 5.10 Å². The molecule has 0 radical (unpaired) electrons. The number of carbonyl (C=O) groups is 1. The van der Waals surface area contributed by atoms with Gasteiger partial charge >= 0.3 is 5.97 Å². The van der Waals surface area contributed by atoms with Crippen LogP contribution in [0.5, 0.6) is 0 Å². The van der Waals surface area contributed by atoms with Gasteiger partial charge in [-0.3, -0.25) is 0 Å². The summed E-state index contributed by atoms with van der Waals surface area (Å²) in [7, 11) is 0. The number of rotatable bonds is 5. The second-order valence-corrected chi connectivity index (χ2v) is 4.01. The van der Waals surface area contributed by atoms with Crippen molar-refractivity contribution < 1.29 is 9.53 Å². The Morgan fingerprint density at radius 2 is 2.20 bits per heavy atom. The van der Waals surface area contributed by atoms with Crippen LogP contribution in [0.4, 0.5) is 0 Å². The second-order valence-electron chi connectivity index (χ2n) is 4.01. The SMILES string of the molecule is C#CCCOC(=O)/C=C/c1cnn(-c2ccccc2)c1. The number of aromatic nitrogens is 2. The van der Waals surface area contributed by atoms with Crippen molar-refractivity contribution in [1.82, 2.24) is 9.78 Å². The number of carbonyl (C=O) groups excluding carboxylic acids is 1. The average molecular weight is 266 g/mol. The molecule has 0 bridgehead atoms. The molecular weight excluding hydrogens is 252 g/mol. The fourth-order valence-corrected chi connectivity index (χ4v) is 1.57. The van der Waals surface area contributed by atoms with Gasteiger partial charge < -0.3 is 4.74 Å². The molecule has 4 heteroatoms. The molecule has 2 rings (SSSR count).